The molecule has 0 aliphatic heterocycles. The monoisotopic (exact) mass is 409 g/mol. The highest BCUT2D eigenvalue weighted by atomic mass is 32.3. The minimum absolute atomic E-state index is 0.0833. The van der Waals surface area contributed by atoms with Gasteiger partial charge in [-0.25, -0.2) is 4.18 Å². The number of nitrogens with two attached hydrogens (primary N) is 1. The molecule has 0 aromatic heterocycles. The molecule has 164 valence electrons. The predicted octanol–water partition coefficient (Wildman–Crippen LogP) is 4.78. The Bertz CT molecular complexity index is 397. The van der Waals surface area contributed by atoms with Gasteiger partial charge in [0.15, 0.2) is 0 Å². The first-order valence-electron chi connectivity index (χ1n) is 10.6. The van der Waals surface area contributed by atoms with Crippen LogP contribution in [0.4, 0.5) is 0 Å². The molecule has 0 unspecified atom stereocenters. The molecule has 4 N–H and O–H groups in total. The first-order chi connectivity index (χ1) is 13.0. The number of hydrogen-bond donors (Lipinski definition) is 3. The third-order valence-corrected chi connectivity index (χ3v) is 4.48. The fraction of sp³-hybridized carbons (Fsp3) is 0.900. The molecular formula is C20H43NO5S. The van der Waals surface area contributed by atoms with E-state index >= 15 is 0 Å². The number of allylic oxidation sites excluding steroid dienone is 2. The van der Waals surface area contributed by atoms with Crippen molar-refractivity contribution in [2.75, 3.05) is 19.8 Å². The van der Waals surface area contributed by atoms with E-state index in [-0.39, 0.29) is 13.2 Å². The molecule has 0 spiro atoms. The lowest BCUT2D eigenvalue weighted by atomic mass is 10.1. The normalized spacial score (nSPS) is 11.6. The summed E-state index contributed by atoms with van der Waals surface area (Å²) in [5.74, 6) is 0. The van der Waals surface area contributed by atoms with Crippen molar-refractivity contribution in [2.45, 2.75) is 96.8 Å². The SMILES string of the molecule is CCCCCCCCC=CCCCCCCCCOS(=O)(=O)O.NCCO. The Morgan fingerprint density at radius 1 is 0.815 bits per heavy atom. The van der Waals surface area contributed by atoms with Crippen molar-refractivity contribution in [3.8, 4) is 0 Å². The molecule has 7 heteroatoms. The molecule has 0 rings (SSSR count). The van der Waals surface area contributed by atoms with Gasteiger partial charge >= 0.3 is 10.4 Å². The third kappa shape index (κ3) is 33.5. The Kier molecular flexibility index (Phi) is 25.1. The average Bonchev–Trinajstić information content (AvgIpc) is 2.63. The second-order valence-electron chi connectivity index (χ2n) is 6.70. The fourth-order valence-corrected chi connectivity index (χ4v) is 2.84. The Morgan fingerprint density at radius 2 is 1.22 bits per heavy atom. The van der Waals surface area contributed by atoms with E-state index in [2.05, 4.69) is 23.3 Å². The zero-order chi connectivity index (χ0) is 20.6. The van der Waals surface area contributed by atoms with Crippen LogP contribution in [0.25, 0.3) is 0 Å². The van der Waals surface area contributed by atoms with Gasteiger partial charge in [-0.3, -0.25) is 4.55 Å². The number of rotatable bonds is 18. The largest absolute Gasteiger partial charge is 0.397 e. The summed E-state index contributed by atoms with van der Waals surface area (Å²) in [6, 6.07) is 0. The van der Waals surface area contributed by atoms with Crippen LogP contribution in [0.5, 0.6) is 0 Å². The zero-order valence-electron chi connectivity index (χ0n) is 17.3. The minimum atomic E-state index is -4.25. The lowest BCUT2D eigenvalue weighted by Crippen LogP contribution is -2.04. The van der Waals surface area contributed by atoms with E-state index in [1.54, 1.807) is 0 Å². The summed E-state index contributed by atoms with van der Waals surface area (Å²) in [7, 11) is -4.25. The van der Waals surface area contributed by atoms with Gasteiger partial charge in [0, 0.05) is 6.54 Å². The highest BCUT2D eigenvalue weighted by Gasteiger charge is 2.02. The van der Waals surface area contributed by atoms with Crippen LogP contribution in [0.1, 0.15) is 96.8 Å². The molecule has 0 saturated heterocycles. The van der Waals surface area contributed by atoms with Gasteiger partial charge in [0.05, 0.1) is 13.2 Å². The van der Waals surface area contributed by atoms with Crippen molar-refractivity contribution in [2.24, 2.45) is 5.73 Å². The van der Waals surface area contributed by atoms with E-state index in [9.17, 15) is 8.42 Å². The summed E-state index contributed by atoms with van der Waals surface area (Å²) in [6.45, 7) is 2.81. The Labute approximate surface area is 167 Å². The van der Waals surface area contributed by atoms with Gasteiger partial charge in [0.2, 0.25) is 0 Å². The molecule has 6 nitrogen and oxygen atoms in total. The van der Waals surface area contributed by atoms with Crippen LogP contribution in [0.3, 0.4) is 0 Å². The van der Waals surface area contributed by atoms with Crippen LogP contribution in [0, 0.1) is 0 Å². The van der Waals surface area contributed by atoms with Crippen molar-refractivity contribution in [1.82, 2.24) is 0 Å². The fourth-order valence-electron chi connectivity index (χ4n) is 2.51. The van der Waals surface area contributed by atoms with Crippen molar-refractivity contribution < 1.29 is 22.3 Å². The van der Waals surface area contributed by atoms with Gasteiger partial charge in [0.1, 0.15) is 0 Å². The van der Waals surface area contributed by atoms with E-state index in [1.165, 1.54) is 70.6 Å². The summed E-state index contributed by atoms with van der Waals surface area (Å²) in [5, 5.41) is 7.75. The lowest BCUT2D eigenvalue weighted by Gasteiger charge is -2.01. The van der Waals surface area contributed by atoms with Gasteiger partial charge in [0.25, 0.3) is 0 Å². The van der Waals surface area contributed by atoms with Crippen molar-refractivity contribution in [1.29, 1.82) is 0 Å². The number of aliphatic hydroxyl groups is 1. The van der Waals surface area contributed by atoms with Crippen molar-refractivity contribution in [3.63, 3.8) is 0 Å². The second-order valence-corrected chi connectivity index (χ2v) is 7.79. The second kappa shape index (κ2) is 23.6. The summed E-state index contributed by atoms with van der Waals surface area (Å²) in [5.41, 5.74) is 4.78. The number of aliphatic hydroxyl groups excluding tert-OH is 1. The van der Waals surface area contributed by atoms with Gasteiger partial charge < -0.3 is 10.8 Å². The maximum atomic E-state index is 10.3. The van der Waals surface area contributed by atoms with Gasteiger partial charge in [-0.05, 0) is 32.1 Å². The molecule has 0 amide bonds. The van der Waals surface area contributed by atoms with Crippen LogP contribution in [0.15, 0.2) is 12.2 Å². The molecule has 27 heavy (non-hydrogen) atoms. The van der Waals surface area contributed by atoms with Gasteiger partial charge in [-0.15, -0.1) is 0 Å². The Hall–Kier alpha value is -0.470. The molecule has 0 aliphatic rings. The topological polar surface area (TPSA) is 110 Å². The summed E-state index contributed by atoms with van der Waals surface area (Å²) >= 11 is 0. The molecular weight excluding hydrogens is 366 g/mol. The molecule has 0 bridgehead atoms. The van der Waals surface area contributed by atoms with E-state index in [0.717, 1.165) is 12.8 Å². The quantitative estimate of drug-likeness (QED) is 0.171. The van der Waals surface area contributed by atoms with Crippen LogP contribution >= 0.6 is 0 Å². The highest BCUT2D eigenvalue weighted by Crippen LogP contribution is 2.10. The molecule has 0 aromatic rings. The van der Waals surface area contributed by atoms with E-state index in [0.29, 0.717) is 13.0 Å². The summed E-state index contributed by atoms with van der Waals surface area (Å²) < 4.78 is 33.3. The molecule has 0 aromatic carbocycles. The van der Waals surface area contributed by atoms with Crippen LogP contribution in [-0.4, -0.2) is 37.8 Å². The lowest BCUT2D eigenvalue weighted by molar-refractivity contribution is 0.261. The summed E-state index contributed by atoms with van der Waals surface area (Å²) in [6.07, 6.45) is 21.5. The molecule has 0 radical (unpaired) electrons. The minimum Gasteiger partial charge on any atom is -0.395 e. The first kappa shape index (κ1) is 28.7. The predicted molar refractivity (Wildman–Crippen MR) is 113 cm³/mol. The van der Waals surface area contributed by atoms with Crippen LogP contribution < -0.4 is 5.73 Å². The number of hydrogen-bond acceptors (Lipinski definition) is 5. The maximum Gasteiger partial charge on any atom is 0.397 e. The Morgan fingerprint density at radius 3 is 1.63 bits per heavy atom. The van der Waals surface area contributed by atoms with Gasteiger partial charge in [-0.2, -0.15) is 8.42 Å². The van der Waals surface area contributed by atoms with E-state index in [4.69, 9.17) is 15.4 Å². The smallest absolute Gasteiger partial charge is 0.395 e. The molecule has 0 aliphatic carbocycles. The van der Waals surface area contributed by atoms with E-state index < -0.39 is 10.4 Å². The molecule has 0 heterocycles. The van der Waals surface area contributed by atoms with Gasteiger partial charge in [-0.1, -0.05) is 76.9 Å². The standard InChI is InChI=1S/C18H36O4S.C2H7NO/c1-2-3-4-5-6-7-8-9-10-11-12-13-14-15-16-17-18-22-23(19,20)21;3-1-2-4/h9-10H,2-8,11-18H2,1H3,(H,19,20,21);4H,1-3H2. The summed E-state index contributed by atoms with van der Waals surface area (Å²) in [4.78, 5) is 0. The van der Waals surface area contributed by atoms with Crippen molar-refractivity contribution >= 4 is 10.4 Å². The highest BCUT2D eigenvalue weighted by molar-refractivity contribution is 7.80. The average molecular weight is 410 g/mol. The first-order valence-corrected chi connectivity index (χ1v) is 11.9. The molecule has 0 fully saturated rings. The Balaban J connectivity index is 0. The maximum absolute atomic E-state index is 10.3. The molecule has 0 saturated carbocycles. The molecule has 0 atom stereocenters. The van der Waals surface area contributed by atoms with Crippen LogP contribution in [-0.2, 0) is 14.6 Å². The number of unbranched alkanes of at least 4 members (excludes halogenated alkanes) is 12. The van der Waals surface area contributed by atoms with Crippen molar-refractivity contribution in [3.05, 3.63) is 12.2 Å². The zero-order valence-corrected chi connectivity index (χ0v) is 18.1. The van der Waals surface area contributed by atoms with Crippen LogP contribution in [0.2, 0.25) is 0 Å². The third-order valence-electron chi connectivity index (χ3n) is 4.02. The van der Waals surface area contributed by atoms with E-state index in [1.807, 2.05) is 0 Å².